The highest BCUT2D eigenvalue weighted by Gasteiger charge is 2.20. The molecule has 0 aliphatic carbocycles. The van der Waals surface area contributed by atoms with E-state index in [1.165, 1.54) is 19.2 Å². The highest BCUT2D eigenvalue weighted by Crippen LogP contribution is 2.28. The lowest BCUT2D eigenvalue weighted by atomic mass is 10.0. The Morgan fingerprint density at radius 2 is 1.80 bits per heavy atom. The van der Waals surface area contributed by atoms with Crippen molar-refractivity contribution in [3.8, 4) is 16.9 Å². The molecular weight excluding hydrogens is 324 g/mol. The zero-order chi connectivity index (χ0) is 17.8. The minimum Gasteiger partial charge on any atom is -0.494 e. The van der Waals surface area contributed by atoms with Crippen LogP contribution in [-0.2, 0) is 11.3 Å². The van der Waals surface area contributed by atoms with E-state index < -0.39 is 5.82 Å². The molecule has 3 rings (SSSR count). The number of rotatable bonds is 5. The number of ether oxygens (including phenoxy) is 2. The van der Waals surface area contributed by atoms with Gasteiger partial charge in [0.05, 0.1) is 13.2 Å². The van der Waals surface area contributed by atoms with Crippen molar-refractivity contribution in [2.45, 2.75) is 25.5 Å². The number of nitrogens with zero attached hydrogens (tertiary/aromatic N) is 1. The summed E-state index contributed by atoms with van der Waals surface area (Å²) in [4.78, 5) is 2.20. The van der Waals surface area contributed by atoms with Crippen molar-refractivity contribution in [1.82, 2.24) is 4.90 Å². The Kier molecular flexibility index (Phi) is 5.66. The Morgan fingerprint density at radius 3 is 2.52 bits per heavy atom. The maximum atomic E-state index is 14.3. The Labute approximate surface area is 147 Å². The average Bonchev–Trinajstić information content (AvgIpc) is 2.63. The van der Waals surface area contributed by atoms with Crippen LogP contribution in [0.3, 0.4) is 0 Å². The molecule has 0 saturated carbocycles. The molecule has 3 nitrogen and oxygen atoms in total. The number of halogens is 2. The molecule has 1 aliphatic heterocycles. The smallest absolute Gasteiger partial charge is 0.165 e. The second kappa shape index (κ2) is 7.93. The zero-order valence-corrected chi connectivity index (χ0v) is 14.6. The molecule has 5 heteroatoms. The predicted octanol–water partition coefficient (Wildman–Crippen LogP) is 4.25. The molecule has 1 saturated heterocycles. The Balaban J connectivity index is 1.82. The van der Waals surface area contributed by atoms with Gasteiger partial charge in [-0.05, 0) is 54.8 Å². The van der Waals surface area contributed by atoms with Crippen LogP contribution in [0.5, 0.6) is 5.75 Å². The van der Waals surface area contributed by atoms with Crippen LogP contribution in [0.15, 0.2) is 36.4 Å². The second-order valence-electron chi connectivity index (χ2n) is 6.39. The fourth-order valence-corrected chi connectivity index (χ4v) is 3.31. The normalized spacial score (nSPS) is 18.3. The number of methoxy groups -OCH3 is 2. The monoisotopic (exact) mass is 347 g/mol. The molecule has 0 spiro atoms. The van der Waals surface area contributed by atoms with E-state index in [-0.39, 0.29) is 17.7 Å². The summed E-state index contributed by atoms with van der Waals surface area (Å²) in [5.74, 6) is -0.466. The lowest BCUT2D eigenvalue weighted by Crippen LogP contribution is -2.38. The van der Waals surface area contributed by atoms with Gasteiger partial charge in [0, 0.05) is 25.8 Å². The highest BCUT2D eigenvalue weighted by atomic mass is 19.1. The topological polar surface area (TPSA) is 21.7 Å². The number of hydrogen-bond acceptors (Lipinski definition) is 3. The molecule has 1 atom stereocenters. The molecule has 25 heavy (non-hydrogen) atoms. The molecule has 2 aromatic carbocycles. The van der Waals surface area contributed by atoms with Crippen molar-refractivity contribution in [2.24, 2.45) is 0 Å². The van der Waals surface area contributed by atoms with E-state index in [0.717, 1.165) is 31.5 Å². The van der Waals surface area contributed by atoms with E-state index >= 15 is 0 Å². The molecule has 1 unspecified atom stereocenters. The highest BCUT2D eigenvalue weighted by molar-refractivity contribution is 5.65. The Morgan fingerprint density at radius 1 is 1.04 bits per heavy atom. The number of piperidine rings is 1. The van der Waals surface area contributed by atoms with Gasteiger partial charge in [0.2, 0.25) is 0 Å². The summed E-state index contributed by atoms with van der Waals surface area (Å²) in [5, 5.41) is 0. The van der Waals surface area contributed by atoms with Crippen LogP contribution in [0, 0.1) is 11.6 Å². The third-order valence-corrected chi connectivity index (χ3v) is 4.72. The van der Waals surface area contributed by atoms with Crippen LogP contribution in [-0.4, -0.2) is 38.3 Å². The predicted molar refractivity (Wildman–Crippen MR) is 93.7 cm³/mol. The molecular formula is C20H23F2NO2. The molecule has 1 heterocycles. The third kappa shape index (κ3) is 4.17. The first-order chi connectivity index (χ1) is 12.1. The van der Waals surface area contributed by atoms with Gasteiger partial charge in [-0.15, -0.1) is 0 Å². The summed E-state index contributed by atoms with van der Waals surface area (Å²) in [7, 11) is 3.15. The molecule has 0 aromatic heterocycles. The van der Waals surface area contributed by atoms with Crippen LogP contribution in [0.4, 0.5) is 8.78 Å². The molecule has 0 bridgehead atoms. The molecule has 1 aliphatic rings. The molecule has 134 valence electrons. The van der Waals surface area contributed by atoms with Crippen molar-refractivity contribution in [3.05, 3.63) is 53.6 Å². The van der Waals surface area contributed by atoms with Crippen LogP contribution in [0.1, 0.15) is 18.4 Å². The lowest BCUT2D eigenvalue weighted by molar-refractivity contribution is 0.0282. The number of hydrogen-bond donors (Lipinski definition) is 0. The van der Waals surface area contributed by atoms with Crippen molar-refractivity contribution in [1.29, 1.82) is 0 Å². The summed E-state index contributed by atoms with van der Waals surface area (Å²) >= 11 is 0. The fraction of sp³-hybridized carbons (Fsp3) is 0.400. The van der Waals surface area contributed by atoms with E-state index in [1.807, 2.05) is 0 Å². The zero-order valence-electron chi connectivity index (χ0n) is 14.6. The number of likely N-dealkylation sites (tertiary alicyclic amines) is 1. The van der Waals surface area contributed by atoms with Crippen LogP contribution < -0.4 is 4.74 Å². The van der Waals surface area contributed by atoms with Crippen LogP contribution in [0.2, 0.25) is 0 Å². The van der Waals surface area contributed by atoms with E-state index in [4.69, 9.17) is 9.47 Å². The molecule has 0 radical (unpaired) electrons. The summed E-state index contributed by atoms with van der Waals surface area (Å²) in [6.07, 6.45) is 2.29. The Bertz CT molecular complexity index is 736. The van der Waals surface area contributed by atoms with Gasteiger partial charge in [-0.25, -0.2) is 8.78 Å². The van der Waals surface area contributed by atoms with Gasteiger partial charge < -0.3 is 9.47 Å². The SMILES string of the molecule is COc1ccc(-c2ccc(F)c(CN3CCCC(OC)C3)c2)cc1F. The summed E-state index contributed by atoms with van der Waals surface area (Å²) in [6, 6.07) is 9.70. The standard InChI is InChI=1S/C20H23F2NO2/c1-24-17-4-3-9-23(13-17)12-16-10-14(5-7-18(16)21)15-6-8-20(25-2)19(22)11-15/h5-8,10-11,17H,3-4,9,12-13H2,1-2H3. The van der Waals surface area contributed by atoms with E-state index in [1.54, 1.807) is 31.4 Å². The third-order valence-electron chi connectivity index (χ3n) is 4.72. The van der Waals surface area contributed by atoms with E-state index in [2.05, 4.69) is 4.90 Å². The minimum absolute atomic E-state index is 0.199. The largest absolute Gasteiger partial charge is 0.494 e. The van der Waals surface area contributed by atoms with Crippen molar-refractivity contribution in [2.75, 3.05) is 27.3 Å². The van der Waals surface area contributed by atoms with E-state index in [0.29, 0.717) is 17.7 Å². The molecule has 0 N–H and O–H groups in total. The first-order valence-electron chi connectivity index (χ1n) is 8.48. The maximum Gasteiger partial charge on any atom is 0.165 e. The molecule has 1 fully saturated rings. The summed E-state index contributed by atoms with van der Waals surface area (Å²) < 4.78 is 38.6. The lowest BCUT2D eigenvalue weighted by Gasteiger charge is -2.32. The summed E-state index contributed by atoms with van der Waals surface area (Å²) in [5.41, 5.74) is 2.11. The van der Waals surface area contributed by atoms with Gasteiger partial charge >= 0.3 is 0 Å². The van der Waals surface area contributed by atoms with Gasteiger partial charge in [-0.2, -0.15) is 0 Å². The molecule has 0 amide bonds. The van der Waals surface area contributed by atoms with Gasteiger partial charge in [0.25, 0.3) is 0 Å². The van der Waals surface area contributed by atoms with Gasteiger partial charge in [-0.1, -0.05) is 12.1 Å². The number of benzene rings is 2. The van der Waals surface area contributed by atoms with Crippen molar-refractivity contribution < 1.29 is 18.3 Å². The van der Waals surface area contributed by atoms with Crippen molar-refractivity contribution >= 4 is 0 Å². The van der Waals surface area contributed by atoms with Gasteiger partial charge in [0.15, 0.2) is 11.6 Å². The quantitative estimate of drug-likeness (QED) is 0.807. The first-order valence-corrected chi connectivity index (χ1v) is 8.48. The Hall–Kier alpha value is -1.98. The average molecular weight is 347 g/mol. The second-order valence-corrected chi connectivity index (χ2v) is 6.39. The van der Waals surface area contributed by atoms with Crippen LogP contribution in [0.25, 0.3) is 11.1 Å². The van der Waals surface area contributed by atoms with E-state index in [9.17, 15) is 8.78 Å². The van der Waals surface area contributed by atoms with Crippen molar-refractivity contribution in [3.63, 3.8) is 0 Å². The van der Waals surface area contributed by atoms with Crippen LogP contribution >= 0.6 is 0 Å². The van der Waals surface area contributed by atoms with Gasteiger partial charge in [0.1, 0.15) is 5.82 Å². The minimum atomic E-state index is -0.426. The maximum absolute atomic E-state index is 14.3. The van der Waals surface area contributed by atoms with Gasteiger partial charge in [-0.3, -0.25) is 4.90 Å². The molecule has 2 aromatic rings. The summed E-state index contributed by atoms with van der Waals surface area (Å²) in [6.45, 7) is 2.26. The fourth-order valence-electron chi connectivity index (χ4n) is 3.31. The first kappa shape index (κ1) is 17.8.